The van der Waals surface area contributed by atoms with Crippen LogP contribution in [0.1, 0.15) is 21.8 Å². The fourth-order valence-corrected chi connectivity index (χ4v) is 2.29. The molecule has 6 nitrogen and oxygen atoms in total. The molecule has 0 bridgehead atoms. The lowest BCUT2D eigenvalue weighted by Crippen LogP contribution is -2.26. The van der Waals surface area contributed by atoms with E-state index in [2.05, 4.69) is 15.5 Å². The van der Waals surface area contributed by atoms with Crippen LogP contribution < -0.4 is 5.32 Å². The molecule has 0 aliphatic rings. The molecule has 3 rings (SSSR count). The molecule has 3 aromatic rings. The predicted octanol–water partition coefficient (Wildman–Crippen LogP) is 3.39. The van der Waals surface area contributed by atoms with E-state index in [-0.39, 0.29) is 5.91 Å². The second-order valence-corrected chi connectivity index (χ2v) is 5.53. The number of rotatable bonds is 5. The summed E-state index contributed by atoms with van der Waals surface area (Å²) in [6.07, 6.45) is 1.60. The van der Waals surface area contributed by atoms with Gasteiger partial charge in [0.25, 0.3) is 5.91 Å². The number of anilines is 2. The van der Waals surface area contributed by atoms with Crippen LogP contribution in [-0.2, 0) is 6.54 Å². The number of nitrogens with one attached hydrogen (secondary N) is 1. The van der Waals surface area contributed by atoms with Crippen LogP contribution in [0.2, 0.25) is 0 Å². The molecule has 0 radical (unpaired) electrons. The maximum Gasteiger partial charge on any atom is 0.272 e. The first kappa shape index (κ1) is 15.7. The van der Waals surface area contributed by atoms with Crippen molar-refractivity contribution in [1.29, 1.82) is 0 Å². The van der Waals surface area contributed by atoms with Crippen molar-refractivity contribution in [2.75, 3.05) is 12.4 Å². The average molecular weight is 322 g/mol. The van der Waals surface area contributed by atoms with Crippen molar-refractivity contribution in [2.24, 2.45) is 0 Å². The van der Waals surface area contributed by atoms with Gasteiger partial charge in [-0.2, -0.15) is 0 Å². The fraction of sp³-hybridized carbons (Fsp3) is 0.167. The molecule has 24 heavy (non-hydrogen) atoms. The van der Waals surface area contributed by atoms with E-state index in [0.29, 0.717) is 18.1 Å². The second-order valence-electron chi connectivity index (χ2n) is 5.53. The van der Waals surface area contributed by atoms with Gasteiger partial charge in [-0.25, -0.2) is 4.98 Å². The highest BCUT2D eigenvalue weighted by molar-refractivity contribution is 5.92. The Labute approximate surface area is 140 Å². The maximum atomic E-state index is 12.4. The molecule has 0 aliphatic carbocycles. The normalized spacial score (nSPS) is 10.4. The van der Waals surface area contributed by atoms with Gasteiger partial charge in [-0.15, -0.1) is 0 Å². The van der Waals surface area contributed by atoms with E-state index in [4.69, 9.17) is 4.52 Å². The summed E-state index contributed by atoms with van der Waals surface area (Å²) in [5, 5.41) is 6.92. The zero-order valence-corrected chi connectivity index (χ0v) is 13.6. The van der Waals surface area contributed by atoms with E-state index in [0.717, 1.165) is 17.0 Å². The van der Waals surface area contributed by atoms with Gasteiger partial charge in [-0.05, 0) is 24.6 Å². The molecule has 0 saturated carbocycles. The van der Waals surface area contributed by atoms with Crippen LogP contribution >= 0.6 is 0 Å². The van der Waals surface area contributed by atoms with Crippen molar-refractivity contribution in [3.63, 3.8) is 0 Å². The van der Waals surface area contributed by atoms with Gasteiger partial charge >= 0.3 is 0 Å². The van der Waals surface area contributed by atoms with Gasteiger partial charge in [-0.3, -0.25) is 4.79 Å². The maximum absolute atomic E-state index is 12.4. The highest BCUT2D eigenvalue weighted by Crippen LogP contribution is 2.16. The zero-order valence-electron chi connectivity index (χ0n) is 13.6. The first-order valence-corrected chi connectivity index (χ1v) is 7.57. The minimum absolute atomic E-state index is 0.123. The van der Waals surface area contributed by atoms with Gasteiger partial charge in [0.2, 0.25) is 0 Å². The van der Waals surface area contributed by atoms with Crippen molar-refractivity contribution < 1.29 is 9.32 Å². The summed E-state index contributed by atoms with van der Waals surface area (Å²) in [6.45, 7) is 2.36. The molecule has 0 aliphatic heterocycles. The molecular formula is C18H18N4O2. The van der Waals surface area contributed by atoms with E-state index in [9.17, 15) is 4.79 Å². The third kappa shape index (κ3) is 3.78. The third-order valence-electron chi connectivity index (χ3n) is 3.49. The van der Waals surface area contributed by atoms with E-state index in [1.807, 2.05) is 37.3 Å². The summed E-state index contributed by atoms with van der Waals surface area (Å²) in [5.74, 6) is 1.21. The average Bonchev–Trinajstić information content (AvgIpc) is 3.00. The fourth-order valence-electron chi connectivity index (χ4n) is 2.29. The number of carbonyl (C=O) groups excluding carboxylic acids is 1. The van der Waals surface area contributed by atoms with Crippen molar-refractivity contribution >= 4 is 17.4 Å². The molecule has 2 heterocycles. The number of hydrogen-bond donors (Lipinski definition) is 1. The molecule has 0 unspecified atom stereocenters. The summed E-state index contributed by atoms with van der Waals surface area (Å²) in [7, 11) is 1.77. The molecule has 1 aromatic carbocycles. The van der Waals surface area contributed by atoms with Crippen LogP contribution in [0.25, 0.3) is 0 Å². The lowest BCUT2D eigenvalue weighted by Gasteiger charge is -2.17. The number of benzene rings is 1. The molecule has 1 amide bonds. The van der Waals surface area contributed by atoms with E-state index in [1.54, 1.807) is 36.3 Å². The van der Waals surface area contributed by atoms with Crippen LogP contribution in [0.3, 0.4) is 0 Å². The summed E-state index contributed by atoms with van der Waals surface area (Å²) in [4.78, 5) is 18.3. The van der Waals surface area contributed by atoms with Gasteiger partial charge in [0.15, 0.2) is 5.82 Å². The Bertz CT molecular complexity index is 813. The molecule has 0 atom stereocenters. The number of hydrogen-bond acceptors (Lipinski definition) is 5. The number of aromatic nitrogens is 2. The van der Waals surface area contributed by atoms with E-state index < -0.39 is 0 Å². The van der Waals surface area contributed by atoms with Gasteiger partial charge < -0.3 is 14.7 Å². The molecule has 0 spiro atoms. The highest BCUT2D eigenvalue weighted by atomic mass is 16.5. The minimum atomic E-state index is -0.123. The third-order valence-corrected chi connectivity index (χ3v) is 3.49. The molecule has 122 valence electrons. The molecule has 6 heteroatoms. The lowest BCUT2D eigenvalue weighted by atomic mass is 10.2. The van der Waals surface area contributed by atoms with Gasteiger partial charge in [0, 0.05) is 19.7 Å². The van der Waals surface area contributed by atoms with Gasteiger partial charge in [0.1, 0.15) is 11.5 Å². The molecule has 1 N–H and O–H groups in total. The molecule has 0 saturated heterocycles. The van der Waals surface area contributed by atoms with E-state index in [1.165, 1.54) is 0 Å². The Balaban J connectivity index is 1.65. The van der Waals surface area contributed by atoms with Gasteiger partial charge in [-0.1, -0.05) is 35.5 Å². The Morgan fingerprint density at radius 2 is 2.00 bits per heavy atom. The minimum Gasteiger partial charge on any atom is -0.360 e. The highest BCUT2D eigenvalue weighted by Gasteiger charge is 2.13. The molecular weight excluding hydrogens is 304 g/mol. The largest absolute Gasteiger partial charge is 0.360 e. The quantitative estimate of drug-likeness (QED) is 0.779. The topological polar surface area (TPSA) is 71.3 Å². The summed E-state index contributed by atoms with van der Waals surface area (Å²) in [5.41, 5.74) is 2.22. The number of amides is 1. The summed E-state index contributed by atoms with van der Waals surface area (Å²) >= 11 is 0. The number of aryl methyl sites for hydroxylation is 1. The van der Waals surface area contributed by atoms with Crippen LogP contribution in [0.15, 0.2) is 59.3 Å². The number of carbonyl (C=O) groups is 1. The predicted molar refractivity (Wildman–Crippen MR) is 91.0 cm³/mol. The zero-order chi connectivity index (χ0) is 16.9. The van der Waals surface area contributed by atoms with Crippen LogP contribution in [0.5, 0.6) is 0 Å². The Morgan fingerprint density at radius 3 is 2.62 bits per heavy atom. The SMILES string of the molecule is Cc1cc(Nc2ccc(C(=O)N(C)Cc3ccccc3)nc2)no1. The Morgan fingerprint density at radius 1 is 1.21 bits per heavy atom. The molecule has 0 fully saturated rings. The monoisotopic (exact) mass is 322 g/mol. The van der Waals surface area contributed by atoms with Crippen molar-refractivity contribution in [3.05, 3.63) is 71.7 Å². The summed E-state index contributed by atoms with van der Waals surface area (Å²) < 4.78 is 4.99. The van der Waals surface area contributed by atoms with Crippen molar-refractivity contribution in [1.82, 2.24) is 15.0 Å². The lowest BCUT2D eigenvalue weighted by molar-refractivity contribution is 0.0779. The number of nitrogens with zero attached hydrogens (tertiary/aromatic N) is 3. The Hall–Kier alpha value is -3.15. The smallest absolute Gasteiger partial charge is 0.272 e. The van der Waals surface area contributed by atoms with Crippen LogP contribution in [0, 0.1) is 6.92 Å². The second kappa shape index (κ2) is 6.95. The Kier molecular flexibility index (Phi) is 4.56. The van der Waals surface area contributed by atoms with Crippen molar-refractivity contribution in [3.8, 4) is 0 Å². The number of pyridine rings is 1. The van der Waals surface area contributed by atoms with E-state index >= 15 is 0 Å². The van der Waals surface area contributed by atoms with Crippen LogP contribution in [0.4, 0.5) is 11.5 Å². The first-order valence-electron chi connectivity index (χ1n) is 7.57. The standard InChI is InChI=1S/C18H18N4O2/c1-13-10-17(21-24-13)20-15-8-9-16(19-11-15)18(23)22(2)12-14-6-4-3-5-7-14/h3-11H,12H2,1-2H3,(H,20,21). The summed E-state index contributed by atoms with van der Waals surface area (Å²) in [6, 6.07) is 15.1. The van der Waals surface area contributed by atoms with Gasteiger partial charge in [0.05, 0.1) is 11.9 Å². The van der Waals surface area contributed by atoms with Crippen LogP contribution in [-0.4, -0.2) is 28.0 Å². The molecule has 2 aromatic heterocycles. The van der Waals surface area contributed by atoms with Crippen molar-refractivity contribution in [2.45, 2.75) is 13.5 Å². The first-order chi connectivity index (χ1) is 11.6.